The average Bonchev–Trinajstić information content (AvgIpc) is 2.41. The Hall–Kier alpha value is -1.44. The maximum Gasteiger partial charge on any atom is 0.261 e. The van der Waals surface area contributed by atoms with Crippen LogP contribution in [0.15, 0.2) is 51.8 Å². The van der Waals surface area contributed by atoms with Crippen molar-refractivity contribution >= 4 is 31.6 Å². The summed E-state index contributed by atoms with van der Waals surface area (Å²) in [5, 5.41) is 2.80. The van der Waals surface area contributed by atoms with Crippen LogP contribution in [-0.4, -0.2) is 15.5 Å². The van der Waals surface area contributed by atoms with Gasteiger partial charge in [-0.05, 0) is 43.4 Å². The highest BCUT2D eigenvalue weighted by atomic mass is 79.9. The topological polar surface area (TPSA) is 58.2 Å². The Morgan fingerprint density at radius 1 is 1.19 bits per heavy atom. The van der Waals surface area contributed by atoms with Crippen molar-refractivity contribution in [2.24, 2.45) is 0 Å². The lowest BCUT2D eigenvalue weighted by atomic mass is 10.2. The van der Waals surface area contributed by atoms with Gasteiger partial charge in [0.05, 0.1) is 4.90 Å². The van der Waals surface area contributed by atoms with Crippen molar-refractivity contribution in [1.82, 2.24) is 5.32 Å². The van der Waals surface area contributed by atoms with E-state index in [0.29, 0.717) is 11.3 Å². The molecule has 112 valence electrons. The Morgan fingerprint density at radius 2 is 1.95 bits per heavy atom. The highest BCUT2D eigenvalue weighted by Crippen LogP contribution is 2.21. The number of hydrogen-bond acceptors (Lipinski definition) is 3. The Morgan fingerprint density at radius 3 is 2.62 bits per heavy atom. The van der Waals surface area contributed by atoms with E-state index in [1.165, 1.54) is 12.1 Å². The van der Waals surface area contributed by atoms with E-state index in [1.807, 2.05) is 0 Å². The van der Waals surface area contributed by atoms with Crippen molar-refractivity contribution in [3.05, 3.63) is 58.3 Å². The van der Waals surface area contributed by atoms with Crippen molar-refractivity contribution in [2.45, 2.75) is 11.4 Å². The standard InChI is InChI=1S/C14H14BrFN2O2S/c1-17-9-10-7-13(5-6-14(10)16)21(19,20)18-12-4-2-3-11(15)8-12/h2-8,17-18H,9H2,1H3. The largest absolute Gasteiger partial charge is 0.316 e. The van der Waals surface area contributed by atoms with Gasteiger partial charge in [0.2, 0.25) is 0 Å². The first-order valence-corrected chi connectivity index (χ1v) is 8.41. The molecular weight excluding hydrogens is 359 g/mol. The second-order valence-electron chi connectivity index (χ2n) is 4.40. The molecule has 0 saturated heterocycles. The number of rotatable bonds is 5. The number of anilines is 1. The first-order chi connectivity index (χ1) is 9.92. The third-order valence-electron chi connectivity index (χ3n) is 2.77. The number of hydrogen-bond donors (Lipinski definition) is 2. The summed E-state index contributed by atoms with van der Waals surface area (Å²) in [5.41, 5.74) is 0.735. The second-order valence-corrected chi connectivity index (χ2v) is 7.00. The smallest absolute Gasteiger partial charge is 0.261 e. The fourth-order valence-corrected chi connectivity index (χ4v) is 3.31. The molecule has 0 heterocycles. The average molecular weight is 373 g/mol. The van der Waals surface area contributed by atoms with E-state index in [0.717, 1.165) is 10.5 Å². The van der Waals surface area contributed by atoms with Crippen LogP contribution in [0.2, 0.25) is 0 Å². The lowest BCUT2D eigenvalue weighted by molar-refractivity contribution is 0.592. The zero-order valence-electron chi connectivity index (χ0n) is 11.2. The van der Waals surface area contributed by atoms with Crippen LogP contribution in [0.5, 0.6) is 0 Å². The van der Waals surface area contributed by atoms with Crippen LogP contribution >= 0.6 is 15.9 Å². The fourth-order valence-electron chi connectivity index (χ4n) is 1.81. The lowest BCUT2D eigenvalue weighted by Crippen LogP contribution is -2.14. The molecule has 0 aliphatic rings. The summed E-state index contributed by atoms with van der Waals surface area (Å²) in [6.07, 6.45) is 0. The molecular formula is C14H14BrFN2O2S. The lowest BCUT2D eigenvalue weighted by Gasteiger charge is -2.10. The predicted molar refractivity (Wildman–Crippen MR) is 84.1 cm³/mol. The minimum absolute atomic E-state index is 0.0223. The van der Waals surface area contributed by atoms with Crippen molar-refractivity contribution < 1.29 is 12.8 Å². The van der Waals surface area contributed by atoms with Crippen molar-refractivity contribution in [1.29, 1.82) is 0 Å². The van der Waals surface area contributed by atoms with E-state index in [1.54, 1.807) is 31.3 Å². The van der Waals surface area contributed by atoms with Gasteiger partial charge in [-0.2, -0.15) is 0 Å². The molecule has 0 spiro atoms. The van der Waals surface area contributed by atoms with Crippen LogP contribution in [0.4, 0.5) is 10.1 Å². The molecule has 0 aromatic heterocycles. The highest BCUT2D eigenvalue weighted by molar-refractivity contribution is 9.10. The zero-order valence-corrected chi connectivity index (χ0v) is 13.6. The van der Waals surface area contributed by atoms with Crippen LogP contribution < -0.4 is 10.0 Å². The van der Waals surface area contributed by atoms with Gasteiger partial charge in [-0.25, -0.2) is 12.8 Å². The van der Waals surface area contributed by atoms with Gasteiger partial charge in [0.1, 0.15) is 5.82 Å². The van der Waals surface area contributed by atoms with Crippen molar-refractivity contribution in [2.75, 3.05) is 11.8 Å². The fraction of sp³-hybridized carbons (Fsp3) is 0.143. The molecule has 0 aliphatic heterocycles. The maximum absolute atomic E-state index is 13.6. The molecule has 2 N–H and O–H groups in total. The number of nitrogens with one attached hydrogen (secondary N) is 2. The van der Waals surface area contributed by atoms with Gasteiger partial charge in [0.15, 0.2) is 0 Å². The van der Waals surface area contributed by atoms with Crippen LogP contribution in [0.25, 0.3) is 0 Å². The van der Waals surface area contributed by atoms with Crippen molar-refractivity contribution in [3.8, 4) is 0 Å². The highest BCUT2D eigenvalue weighted by Gasteiger charge is 2.16. The summed E-state index contributed by atoms with van der Waals surface area (Å²) < 4.78 is 41.4. The van der Waals surface area contributed by atoms with Crippen LogP contribution in [0, 0.1) is 5.82 Å². The first kappa shape index (κ1) is 15.9. The molecule has 0 atom stereocenters. The van der Waals surface area contributed by atoms with E-state index in [4.69, 9.17) is 0 Å². The summed E-state index contributed by atoms with van der Waals surface area (Å²) in [4.78, 5) is 0.0223. The van der Waals surface area contributed by atoms with E-state index in [-0.39, 0.29) is 11.4 Å². The monoisotopic (exact) mass is 372 g/mol. The number of benzene rings is 2. The molecule has 0 bridgehead atoms. The summed E-state index contributed by atoms with van der Waals surface area (Å²) in [7, 11) is -2.09. The molecule has 2 aromatic rings. The van der Waals surface area contributed by atoms with Gasteiger partial charge in [-0.3, -0.25) is 4.72 Å². The van der Waals surface area contributed by atoms with Crippen molar-refractivity contribution in [3.63, 3.8) is 0 Å². The molecule has 0 radical (unpaired) electrons. The summed E-state index contributed by atoms with van der Waals surface area (Å²) in [6.45, 7) is 0.256. The van der Waals surface area contributed by atoms with Gasteiger partial charge >= 0.3 is 0 Å². The minimum Gasteiger partial charge on any atom is -0.316 e. The molecule has 4 nitrogen and oxygen atoms in total. The Bertz CT molecular complexity index is 750. The third-order valence-corrected chi connectivity index (χ3v) is 4.64. The van der Waals surface area contributed by atoms with E-state index in [9.17, 15) is 12.8 Å². The maximum atomic E-state index is 13.6. The minimum atomic E-state index is -3.75. The van der Waals surface area contributed by atoms with Gasteiger partial charge in [-0.1, -0.05) is 22.0 Å². The third kappa shape index (κ3) is 4.03. The first-order valence-electron chi connectivity index (χ1n) is 6.14. The predicted octanol–water partition coefficient (Wildman–Crippen LogP) is 3.11. The molecule has 0 fully saturated rings. The van der Waals surface area contributed by atoms with Crippen LogP contribution in [0.1, 0.15) is 5.56 Å². The van der Waals surface area contributed by atoms with E-state index >= 15 is 0 Å². The van der Waals surface area contributed by atoms with Crippen LogP contribution in [0.3, 0.4) is 0 Å². The molecule has 0 amide bonds. The molecule has 0 aliphatic carbocycles. The summed E-state index contributed by atoms with van der Waals surface area (Å²) in [6, 6.07) is 10.5. The Balaban J connectivity index is 2.33. The number of sulfonamides is 1. The second kappa shape index (κ2) is 6.55. The van der Waals surface area contributed by atoms with Gasteiger partial charge in [-0.15, -0.1) is 0 Å². The molecule has 7 heteroatoms. The Kier molecular flexibility index (Phi) is 4.97. The Labute approximate surface area is 131 Å². The van der Waals surface area contributed by atoms with Gasteiger partial charge in [0, 0.05) is 22.3 Å². The number of halogens is 2. The molecule has 2 aromatic carbocycles. The summed E-state index contributed by atoms with van der Waals surface area (Å²) in [5.74, 6) is -0.439. The zero-order chi connectivity index (χ0) is 15.5. The van der Waals surface area contributed by atoms with Crippen LogP contribution in [-0.2, 0) is 16.6 Å². The molecule has 0 unspecified atom stereocenters. The molecule has 21 heavy (non-hydrogen) atoms. The van der Waals surface area contributed by atoms with E-state index in [2.05, 4.69) is 26.0 Å². The molecule has 2 rings (SSSR count). The SMILES string of the molecule is CNCc1cc(S(=O)(=O)Nc2cccc(Br)c2)ccc1F. The van der Waals surface area contributed by atoms with E-state index < -0.39 is 15.8 Å². The van der Waals surface area contributed by atoms with Gasteiger partial charge in [0.25, 0.3) is 10.0 Å². The quantitative estimate of drug-likeness (QED) is 0.847. The summed E-state index contributed by atoms with van der Waals surface area (Å²) >= 11 is 3.27. The normalized spacial score (nSPS) is 11.4. The van der Waals surface area contributed by atoms with Gasteiger partial charge < -0.3 is 5.32 Å². The molecule has 0 saturated carbocycles.